The highest BCUT2D eigenvalue weighted by Gasteiger charge is 2.26. The summed E-state index contributed by atoms with van der Waals surface area (Å²) >= 11 is 6.18. The van der Waals surface area contributed by atoms with Gasteiger partial charge in [0.05, 0.1) is 12.1 Å². The van der Waals surface area contributed by atoms with Crippen LogP contribution in [0.15, 0.2) is 78.9 Å². The Bertz CT molecular complexity index is 1060. The Morgan fingerprint density at radius 2 is 1.79 bits per heavy atom. The maximum Gasteiger partial charge on any atom is 0.251 e. The standard InChI is InChI=1S/C27H30ClN3O2/c1-30(26(20-7-3-2-4-8-20)19-31-16-15-24(32)18-31)23-13-11-21(12-14-23)27(33)29-17-22-9-5-6-10-25(22)28/h2-14,24,26,32H,15-19H2,1H3,(H,29,33). The van der Waals surface area contributed by atoms with Crippen LogP contribution in [-0.2, 0) is 6.54 Å². The monoisotopic (exact) mass is 463 g/mol. The number of halogens is 1. The first-order valence-electron chi connectivity index (χ1n) is 11.3. The number of rotatable bonds is 8. The smallest absolute Gasteiger partial charge is 0.251 e. The second kappa shape index (κ2) is 10.8. The van der Waals surface area contributed by atoms with E-state index >= 15 is 0 Å². The zero-order valence-corrected chi connectivity index (χ0v) is 19.6. The van der Waals surface area contributed by atoms with Crippen molar-refractivity contribution >= 4 is 23.2 Å². The number of hydrogen-bond acceptors (Lipinski definition) is 4. The van der Waals surface area contributed by atoms with Gasteiger partial charge < -0.3 is 15.3 Å². The molecule has 6 heteroatoms. The first kappa shape index (κ1) is 23.3. The van der Waals surface area contributed by atoms with E-state index < -0.39 is 0 Å². The molecule has 2 unspecified atom stereocenters. The van der Waals surface area contributed by atoms with Crippen molar-refractivity contribution in [2.75, 3.05) is 31.6 Å². The van der Waals surface area contributed by atoms with Gasteiger partial charge in [0.2, 0.25) is 0 Å². The number of likely N-dealkylation sites (N-methyl/N-ethyl adjacent to an activating group) is 1. The summed E-state index contributed by atoms with van der Waals surface area (Å²) in [6.07, 6.45) is 0.582. The zero-order valence-electron chi connectivity index (χ0n) is 18.8. The number of carbonyl (C=O) groups excluding carboxylic acids is 1. The minimum absolute atomic E-state index is 0.130. The number of nitrogens with zero attached hydrogens (tertiary/aromatic N) is 2. The van der Waals surface area contributed by atoms with Crippen LogP contribution in [0.4, 0.5) is 5.69 Å². The molecule has 33 heavy (non-hydrogen) atoms. The first-order chi connectivity index (χ1) is 16.0. The molecule has 0 aromatic heterocycles. The molecular formula is C27H30ClN3O2. The van der Waals surface area contributed by atoms with Crippen LogP contribution in [0.1, 0.15) is 33.9 Å². The van der Waals surface area contributed by atoms with E-state index in [1.807, 2.05) is 54.6 Å². The predicted molar refractivity (Wildman–Crippen MR) is 134 cm³/mol. The molecule has 0 aliphatic carbocycles. The van der Waals surface area contributed by atoms with Crippen LogP contribution in [0.5, 0.6) is 0 Å². The number of nitrogens with one attached hydrogen (secondary N) is 1. The summed E-state index contributed by atoms with van der Waals surface area (Å²) in [6.45, 7) is 2.83. The van der Waals surface area contributed by atoms with Crippen molar-refractivity contribution in [3.8, 4) is 0 Å². The lowest BCUT2D eigenvalue weighted by Gasteiger charge is -2.33. The molecule has 1 aliphatic rings. The van der Waals surface area contributed by atoms with E-state index in [9.17, 15) is 9.90 Å². The molecule has 0 saturated carbocycles. The van der Waals surface area contributed by atoms with Gasteiger partial charge in [0, 0.05) is 49.5 Å². The molecule has 2 atom stereocenters. The molecule has 5 nitrogen and oxygen atoms in total. The third-order valence-electron chi connectivity index (χ3n) is 6.26. The van der Waals surface area contributed by atoms with Gasteiger partial charge in [0.15, 0.2) is 0 Å². The maximum absolute atomic E-state index is 12.6. The predicted octanol–water partition coefficient (Wildman–Crippen LogP) is 4.51. The van der Waals surface area contributed by atoms with Gasteiger partial charge in [-0.05, 0) is 47.9 Å². The summed E-state index contributed by atoms with van der Waals surface area (Å²) < 4.78 is 0. The number of anilines is 1. The van der Waals surface area contributed by atoms with Gasteiger partial charge in [-0.1, -0.05) is 60.1 Å². The van der Waals surface area contributed by atoms with Crippen LogP contribution in [0, 0.1) is 0 Å². The maximum atomic E-state index is 12.6. The molecule has 1 heterocycles. The van der Waals surface area contributed by atoms with Crippen molar-refractivity contribution in [2.24, 2.45) is 0 Å². The molecule has 2 N–H and O–H groups in total. The van der Waals surface area contributed by atoms with E-state index in [0.717, 1.165) is 30.8 Å². The summed E-state index contributed by atoms with van der Waals surface area (Å²) in [4.78, 5) is 17.2. The fourth-order valence-corrected chi connectivity index (χ4v) is 4.50. The number of likely N-dealkylation sites (tertiary alicyclic amines) is 1. The Hall–Kier alpha value is -2.86. The molecule has 1 aliphatic heterocycles. The quantitative estimate of drug-likeness (QED) is 0.516. The van der Waals surface area contributed by atoms with Crippen molar-refractivity contribution in [1.29, 1.82) is 0 Å². The second-order valence-corrected chi connectivity index (χ2v) is 8.97. The highest BCUT2D eigenvalue weighted by Crippen LogP contribution is 2.28. The summed E-state index contributed by atoms with van der Waals surface area (Å²) in [6, 6.07) is 25.7. The lowest BCUT2D eigenvalue weighted by atomic mass is 10.0. The summed E-state index contributed by atoms with van der Waals surface area (Å²) in [7, 11) is 2.08. The van der Waals surface area contributed by atoms with Gasteiger partial charge in [-0.25, -0.2) is 0 Å². The molecule has 4 rings (SSSR count). The molecule has 0 bridgehead atoms. The Morgan fingerprint density at radius 1 is 1.09 bits per heavy atom. The minimum atomic E-state index is -0.240. The summed E-state index contributed by atoms with van der Waals surface area (Å²) in [5, 5.41) is 13.5. The van der Waals surface area contributed by atoms with Crippen molar-refractivity contribution < 1.29 is 9.90 Å². The normalized spacial score (nSPS) is 17.0. The van der Waals surface area contributed by atoms with Crippen LogP contribution >= 0.6 is 11.6 Å². The average molecular weight is 464 g/mol. The number of benzene rings is 3. The summed E-state index contributed by atoms with van der Waals surface area (Å²) in [5.74, 6) is -0.130. The largest absolute Gasteiger partial charge is 0.392 e. The second-order valence-electron chi connectivity index (χ2n) is 8.56. The van der Waals surface area contributed by atoms with E-state index in [1.54, 1.807) is 0 Å². The lowest BCUT2D eigenvalue weighted by Crippen LogP contribution is -2.36. The Kier molecular flexibility index (Phi) is 7.65. The van der Waals surface area contributed by atoms with Gasteiger partial charge in [-0.2, -0.15) is 0 Å². The molecule has 0 spiro atoms. The lowest BCUT2D eigenvalue weighted by molar-refractivity contribution is 0.0951. The molecule has 3 aromatic rings. The third-order valence-corrected chi connectivity index (χ3v) is 6.63. The Labute approximate surface area is 200 Å². The van der Waals surface area contributed by atoms with E-state index in [-0.39, 0.29) is 18.1 Å². The number of amides is 1. The molecule has 3 aromatic carbocycles. The summed E-state index contributed by atoms with van der Waals surface area (Å²) in [5.41, 5.74) is 3.76. The number of β-amino-alcohol motifs (C(OH)–C–C–N with tert-alkyl or cyclic N) is 1. The zero-order chi connectivity index (χ0) is 23.2. The number of hydrogen-bond donors (Lipinski definition) is 2. The van der Waals surface area contributed by atoms with Crippen molar-refractivity contribution in [3.05, 3.63) is 101 Å². The number of aliphatic hydroxyl groups is 1. The van der Waals surface area contributed by atoms with Crippen LogP contribution < -0.4 is 10.2 Å². The topological polar surface area (TPSA) is 55.8 Å². The molecular weight excluding hydrogens is 434 g/mol. The van der Waals surface area contributed by atoms with Crippen molar-refractivity contribution in [3.63, 3.8) is 0 Å². The SMILES string of the molecule is CN(c1ccc(C(=O)NCc2ccccc2Cl)cc1)C(CN1CCC(O)C1)c1ccccc1. The third kappa shape index (κ3) is 5.93. The van der Waals surface area contributed by atoms with Gasteiger partial charge >= 0.3 is 0 Å². The van der Waals surface area contributed by atoms with Crippen molar-refractivity contribution in [2.45, 2.75) is 25.1 Å². The Balaban J connectivity index is 1.45. The fraction of sp³-hybridized carbons (Fsp3) is 0.296. The van der Waals surface area contributed by atoms with Crippen molar-refractivity contribution in [1.82, 2.24) is 10.2 Å². The fourth-order valence-electron chi connectivity index (χ4n) is 4.30. The first-order valence-corrected chi connectivity index (χ1v) is 11.7. The molecule has 1 saturated heterocycles. The van der Waals surface area contributed by atoms with E-state index in [4.69, 9.17) is 11.6 Å². The van der Waals surface area contributed by atoms with Gasteiger partial charge in [0.1, 0.15) is 0 Å². The Morgan fingerprint density at radius 3 is 2.45 bits per heavy atom. The highest BCUT2D eigenvalue weighted by atomic mass is 35.5. The van der Waals surface area contributed by atoms with Gasteiger partial charge in [-0.15, -0.1) is 0 Å². The van der Waals surface area contributed by atoms with Gasteiger partial charge in [0.25, 0.3) is 5.91 Å². The number of carbonyl (C=O) groups is 1. The van der Waals surface area contributed by atoms with Crippen LogP contribution in [0.2, 0.25) is 5.02 Å². The van der Waals surface area contributed by atoms with Crippen LogP contribution in [0.25, 0.3) is 0 Å². The van der Waals surface area contributed by atoms with Crippen LogP contribution in [-0.4, -0.2) is 48.7 Å². The molecule has 1 fully saturated rings. The minimum Gasteiger partial charge on any atom is -0.392 e. The van der Waals surface area contributed by atoms with E-state index in [2.05, 4.69) is 46.4 Å². The molecule has 0 radical (unpaired) electrons. The van der Waals surface area contributed by atoms with E-state index in [1.165, 1.54) is 5.56 Å². The van der Waals surface area contributed by atoms with Crippen LogP contribution in [0.3, 0.4) is 0 Å². The molecule has 172 valence electrons. The highest BCUT2D eigenvalue weighted by molar-refractivity contribution is 6.31. The average Bonchev–Trinajstić information content (AvgIpc) is 3.26. The number of aliphatic hydroxyl groups excluding tert-OH is 1. The molecule has 1 amide bonds. The van der Waals surface area contributed by atoms with Gasteiger partial charge in [-0.3, -0.25) is 9.69 Å². The van der Waals surface area contributed by atoms with E-state index in [0.29, 0.717) is 23.7 Å².